The molecule has 0 unspecified atom stereocenters. The lowest BCUT2D eigenvalue weighted by molar-refractivity contribution is 0.0702. The van der Waals surface area contributed by atoms with E-state index in [0.717, 1.165) is 17.4 Å². The molecule has 0 aromatic carbocycles. The minimum Gasteiger partial charge on any atom is -0.477 e. The molecule has 0 spiro atoms. The van der Waals surface area contributed by atoms with Crippen molar-refractivity contribution in [3.8, 4) is 0 Å². The van der Waals surface area contributed by atoms with Crippen molar-refractivity contribution < 1.29 is 22.7 Å². The molecule has 0 aliphatic heterocycles. The first-order chi connectivity index (χ1) is 9.31. The second-order valence-corrected chi connectivity index (χ2v) is 7.96. The third kappa shape index (κ3) is 3.11. The predicted molar refractivity (Wildman–Crippen MR) is 76.4 cm³/mol. The molecule has 0 amide bonds. The van der Waals surface area contributed by atoms with Crippen LogP contribution in [0.3, 0.4) is 0 Å². The number of nitrogens with one attached hydrogen (secondary N) is 1. The summed E-state index contributed by atoms with van der Waals surface area (Å²) in [6.07, 6.45) is 1.45. The molecule has 6 nitrogen and oxygen atoms in total. The Hall–Kier alpha value is -1.16. The Morgan fingerprint density at radius 1 is 1.55 bits per heavy atom. The van der Waals surface area contributed by atoms with Gasteiger partial charge in [0.25, 0.3) is 0 Å². The van der Waals surface area contributed by atoms with Crippen molar-refractivity contribution in [1.29, 1.82) is 0 Å². The molecular weight excluding hydrogens is 370 g/mol. The summed E-state index contributed by atoms with van der Waals surface area (Å²) in [4.78, 5) is 10.7. The fourth-order valence-corrected chi connectivity index (χ4v) is 5.15. The first kappa shape index (κ1) is 15.2. The molecule has 0 saturated carbocycles. The first-order valence-corrected chi connectivity index (χ1v) is 8.49. The van der Waals surface area contributed by atoms with Crippen molar-refractivity contribution in [2.45, 2.75) is 17.9 Å². The van der Waals surface area contributed by atoms with E-state index in [2.05, 4.69) is 20.7 Å². The number of carboxylic acids is 1. The van der Waals surface area contributed by atoms with Crippen molar-refractivity contribution in [3.05, 3.63) is 38.9 Å². The zero-order valence-corrected chi connectivity index (χ0v) is 13.4. The van der Waals surface area contributed by atoms with E-state index in [0.29, 0.717) is 5.76 Å². The fourth-order valence-electron chi connectivity index (χ4n) is 1.53. The molecule has 2 N–H and O–H groups in total. The van der Waals surface area contributed by atoms with Crippen LogP contribution in [0.1, 0.15) is 28.4 Å². The van der Waals surface area contributed by atoms with Crippen LogP contribution in [0.25, 0.3) is 0 Å². The molecule has 1 atom stereocenters. The van der Waals surface area contributed by atoms with Gasteiger partial charge in [-0.3, -0.25) is 0 Å². The van der Waals surface area contributed by atoms with Crippen LogP contribution in [0.4, 0.5) is 0 Å². The lowest BCUT2D eigenvalue weighted by atomic mass is 10.3. The standard InChI is InChI=1S/C11H10BrNO5S2/c1-6(7-3-2-4-18-7)13-20(16,17)9-5-8(11(14)15)19-10(9)12/h2-6,13H,1H3,(H,14,15)/t6-/m0/s1. The van der Waals surface area contributed by atoms with Gasteiger partial charge >= 0.3 is 5.97 Å². The topological polar surface area (TPSA) is 96.6 Å². The van der Waals surface area contributed by atoms with Crippen LogP contribution in [0.2, 0.25) is 0 Å². The fraction of sp³-hybridized carbons (Fsp3) is 0.182. The quantitative estimate of drug-likeness (QED) is 0.832. The van der Waals surface area contributed by atoms with Gasteiger partial charge in [-0.2, -0.15) is 0 Å². The SMILES string of the molecule is C[C@H](NS(=O)(=O)c1cc(C(=O)O)sc1Br)c1ccco1. The zero-order chi connectivity index (χ0) is 14.9. The number of hydrogen-bond donors (Lipinski definition) is 2. The normalized spacial score (nSPS) is 13.3. The largest absolute Gasteiger partial charge is 0.477 e. The van der Waals surface area contributed by atoms with Crippen LogP contribution in [0.15, 0.2) is 37.6 Å². The number of furan rings is 1. The number of halogens is 1. The van der Waals surface area contributed by atoms with E-state index in [-0.39, 0.29) is 13.6 Å². The highest BCUT2D eigenvalue weighted by molar-refractivity contribution is 9.11. The smallest absolute Gasteiger partial charge is 0.345 e. The molecule has 0 bridgehead atoms. The lowest BCUT2D eigenvalue weighted by Gasteiger charge is -2.11. The zero-order valence-electron chi connectivity index (χ0n) is 10.2. The van der Waals surface area contributed by atoms with E-state index >= 15 is 0 Å². The summed E-state index contributed by atoms with van der Waals surface area (Å²) >= 11 is 3.92. The van der Waals surface area contributed by atoms with Crippen molar-refractivity contribution >= 4 is 43.3 Å². The molecule has 0 aliphatic rings. The Morgan fingerprint density at radius 3 is 2.75 bits per heavy atom. The van der Waals surface area contributed by atoms with Gasteiger partial charge in [0, 0.05) is 0 Å². The van der Waals surface area contributed by atoms with Gasteiger partial charge in [-0.15, -0.1) is 11.3 Å². The molecule has 2 heterocycles. The maximum Gasteiger partial charge on any atom is 0.345 e. The monoisotopic (exact) mass is 379 g/mol. The second kappa shape index (κ2) is 5.68. The maximum atomic E-state index is 12.2. The van der Waals surface area contributed by atoms with Crippen LogP contribution in [-0.4, -0.2) is 19.5 Å². The summed E-state index contributed by atoms with van der Waals surface area (Å²) in [5.41, 5.74) is 0. The number of rotatable bonds is 5. The van der Waals surface area contributed by atoms with Crippen molar-refractivity contribution in [3.63, 3.8) is 0 Å². The maximum absolute atomic E-state index is 12.2. The summed E-state index contributed by atoms with van der Waals surface area (Å²) in [6, 6.07) is 3.87. The highest BCUT2D eigenvalue weighted by Crippen LogP contribution is 2.32. The molecular formula is C11H10BrNO5S2. The van der Waals surface area contributed by atoms with Crippen LogP contribution in [-0.2, 0) is 10.0 Å². The number of hydrogen-bond acceptors (Lipinski definition) is 5. The Labute approximate surface area is 127 Å². The molecule has 20 heavy (non-hydrogen) atoms. The Bertz CT molecular complexity index is 720. The summed E-state index contributed by atoms with van der Waals surface area (Å²) in [7, 11) is -3.84. The molecule has 9 heteroatoms. The molecule has 0 aliphatic carbocycles. The minimum absolute atomic E-state index is 0.0529. The average Bonchev–Trinajstić information content (AvgIpc) is 2.96. The van der Waals surface area contributed by atoms with E-state index < -0.39 is 22.0 Å². The third-order valence-electron chi connectivity index (χ3n) is 2.46. The molecule has 0 saturated heterocycles. The van der Waals surface area contributed by atoms with E-state index in [1.165, 1.54) is 6.26 Å². The van der Waals surface area contributed by atoms with Gasteiger partial charge in [0.1, 0.15) is 15.5 Å². The van der Waals surface area contributed by atoms with E-state index in [1.807, 2.05) is 0 Å². The van der Waals surface area contributed by atoms with E-state index in [9.17, 15) is 13.2 Å². The van der Waals surface area contributed by atoms with Crippen LogP contribution in [0, 0.1) is 0 Å². The third-order valence-corrected chi connectivity index (χ3v) is 6.24. The summed E-state index contributed by atoms with van der Waals surface area (Å²) < 4.78 is 32.2. The number of aromatic carboxylic acids is 1. The lowest BCUT2D eigenvalue weighted by Crippen LogP contribution is -2.26. The summed E-state index contributed by atoms with van der Waals surface area (Å²) in [6.45, 7) is 1.63. The van der Waals surface area contributed by atoms with Gasteiger partial charge < -0.3 is 9.52 Å². The molecule has 108 valence electrons. The average molecular weight is 380 g/mol. The van der Waals surface area contributed by atoms with Crippen molar-refractivity contribution in [1.82, 2.24) is 4.72 Å². The Morgan fingerprint density at radius 2 is 2.25 bits per heavy atom. The van der Waals surface area contributed by atoms with Crippen LogP contribution < -0.4 is 4.72 Å². The van der Waals surface area contributed by atoms with E-state index in [4.69, 9.17) is 9.52 Å². The number of thiophene rings is 1. The predicted octanol–water partition coefficient (Wildman–Crippen LogP) is 2.84. The molecule has 2 aromatic heterocycles. The number of carbonyl (C=O) groups is 1. The van der Waals surface area contributed by atoms with Gasteiger partial charge in [-0.25, -0.2) is 17.9 Å². The van der Waals surface area contributed by atoms with Crippen molar-refractivity contribution in [2.24, 2.45) is 0 Å². The van der Waals surface area contributed by atoms with Gasteiger partial charge in [0.15, 0.2) is 0 Å². The molecule has 0 fully saturated rings. The summed E-state index contributed by atoms with van der Waals surface area (Å²) in [5, 5.41) is 8.88. The summed E-state index contributed by atoms with van der Waals surface area (Å²) in [5.74, 6) is -0.699. The van der Waals surface area contributed by atoms with Gasteiger partial charge in [-0.05, 0) is 41.1 Å². The Kier molecular flexibility index (Phi) is 4.33. The minimum atomic E-state index is -3.84. The van der Waals surface area contributed by atoms with Crippen LogP contribution in [0.5, 0.6) is 0 Å². The van der Waals surface area contributed by atoms with Crippen molar-refractivity contribution in [2.75, 3.05) is 0 Å². The second-order valence-electron chi connectivity index (χ2n) is 3.91. The van der Waals surface area contributed by atoms with Gasteiger partial charge in [0.2, 0.25) is 10.0 Å². The van der Waals surface area contributed by atoms with Crippen LogP contribution >= 0.6 is 27.3 Å². The van der Waals surface area contributed by atoms with Gasteiger partial charge in [-0.1, -0.05) is 0 Å². The molecule has 2 rings (SSSR count). The number of carboxylic acid groups (broad SMARTS) is 1. The first-order valence-electron chi connectivity index (χ1n) is 5.39. The van der Waals surface area contributed by atoms with E-state index in [1.54, 1.807) is 19.1 Å². The van der Waals surface area contributed by atoms with Gasteiger partial charge in [0.05, 0.1) is 16.1 Å². The highest BCUT2D eigenvalue weighted by atomic mass is 79.9. The molecule has 0 radical (unpaired) electrons. The Balaban J connectivity index is 2.29. The number of sulfonamides is 1. The molecule has 2 aromatic rings. The highest BCUT2D eigenvalue weighted by Gasteiger charge is 2.25.